The fourth-order valence-corrected chi connectivity index (χ4v) is 3.42. The first-order valence-corrected chi connectivity index (χ1v) is 6.57. The summed E-state index contributed by atoms with van der Waals surface area (Å²) in [5.74, 6) is 1.92. The lowest BCUT2D eigenvalue weighted by molar-refractivity contribution is 0.247. The van der Waals surface area contributed by atoms with Gasteiger partial charge in [0.25, 0.3) is 0 Å². The smallest absolute Gasteiger partial charge is 0.0110 e. The normalized spacial score (nSPS) is 37.6. The second-order valence-electron chi connectivity index (χ2n) is 5.49. The van der Waals surface area contributed by atoms with Gasteiger partial charge in [-0.25, -0.2) is 0 Å². The number of nitrogens with zero attached hydrogens (tertiary/aromatic N) is 2. The van der Waals surface area contributed by atoms with Gasteiger partial charge < -0.3 is 15.1 Å². The molecule has 0 amide bonds. The Morgan fingerprint density at radius 2 is 1.47 bits per heavy atom. The number of fused-ring (bicyclic) bond motifs is 1. The van der Waals surface area contributed by atoms with E-state index < -0.39 is 0 Å². The molecule has 0 aromatic heterocycles. The van der Waals surface area contributed by atoms with Gasteiger partial charge in [0.05, 0.1) is 0 Å². The van der Waals surface area contributed by atoms with E-state index in [0.29, 0.717) is 0 Å². The molecule has 0 aromatic carbocycles. The lowest BCUT2D eigenvalue weighted by atomic mass is 10.0. The van der Waals surface area contributed by atoms with Crippen molar-refractivity contribution in [2.75, 3.05) is 52.4 Å². The van der Waals surface area contributed by atoms with Crippen molar-refractivity contribution >= 4 is 0 Å². The Balaban J connectivity index is 1.41. The van der Waals surface area contributed by atoms with Gasteiger partial charge in [0.1, 0.15) is 0 Å². The van der Waals surface area contributed by atoms with E-state index in [2.05, 4.69) is 15.1 Å². The highest BCUT2D eigenvalue weighted by atomic mass is 15.2. The minimum absolute atomic E-state index is 0.962. The molecule has 0 saturated carbocycles. The Morgan fingerprint density at radius 1 is 0.867 bits per heavy atom. The molecule has 3 saturated heterocycles. The van der Waals surface area contributed by atoms with Gasteiger partial charge in [-0.3, -0.25) is 0 Å². The van der Waals surface area contributed by atoms with E-state index in [-0.39, 0.29) is 0 Å². The van der Waals surface area contributed by atoms with Crippen molar-refractivity contribution in [1.29, 1.82) is 0 Å². The van der Waals surface area contributed by atoms with E-state index >= 15 is 0 Å². The van der Waals surface area contributed by atoms with E-state index in [1.54, 1.807) is 0 Å². The lowest BCUT2D eigenvalue weighted by Gasteiger charge is -2.21. The van der Waals surface area contributed by atoms with Crippen LogP contribution in [-0.2, 0) is 0 Å². The van der Waals surface area contributed by atoms with Crippen LogP contribution >= 0.6 is 0 Å². The number of hydrogen-bond acceptors (Lipinski definition) is 3. The van der Waals surface area contributed by atoms with Gasteiger partial charge in [0, 0.05) is 26.2 Å². The second-order valence-corrected chi connectivity index (χ2v) is 5.49. The molecule has 2 atom stereocenters. The Morgan fingerprint density at radius 3 is 2.13 bits per heavy atom. The minimum atomic E-state index is 0.962. The van der Waals surface area contributed by atoms with Gasteiger partial charge in [0.2, 0.25) is 0 Å². The van der Waals surface area contributed by atoms with Crippen LogP contribution in [0.4, 0.5) is 0 Å². The van der Waals surface area contributed by atoms with Crippen molar-refractivity contribution in [1.82, 2.24) is 15.1 Å². The van der Waals surface area contributed by atoms with E-state index in [9.17, 15) is 0 Å². The van der Waals surface area contributed by atoms with E-state index in [1.807, 2.05) is 0 Å². The van der Waals surface area contributed by atoms with Crippen molar-refractivity contribution in [3.05, 3.63) is 0 Å². The average Bonchev–Trinajstić information content (AvgIpc) is 2.91. The summed E-state index contributed by atoms with van der Waals surface area (Å²) in [5, 5.41) is 3.50. The predicted molar refractivity (Wildman–Crippen MR) is 62.0 cm³/mol. The van der Waals surface area contributed by atoms with Crippen molar-refractivity contribution < 1.29 is 0 Å². The Kier molecular flexibility index (Phi) is 2.95. The van der Waals surface area contributed by atoms with Crippen LogP contribution in [0.1, 0.15) is 12.8 Å². The molecule has 3 heterocycles. The van der Waals surface area contributed by atoms with Gasteiger partial charge in [0.15, 0.2) is 0 Å². The third kappa shape index (κ3) is 2.19. The standard InChI is InChI=1S/C12H23N3/c1-2-4-14(3-1)5-6-15-9-11-7-13-8-12(11)10-15/h11-13H,1-10H2. The summed E-state index contributed by atoms with van der Waals surface area (Å²) in [6, 6.07) is 0. The highest BCUT2D eigenvalue weighted by molar-refractivity contribution is 4.91. The summed E-state index contributed by atoms with van der Waals surface area (Å²) >= 11 is 0. The van der Waals surface area contributed by atoms with Gasteiger partial charge in [-0.05, 0) is 50.9 Å². The van der Waals surface area contributed by atoms with E-state index in [0.717, 1.165) is 11.8 Å². The quantitative estimate of drug-likeness (QED) is 0.718. The first-order chi connectivity index (χ1) is 7.42. The second kappa shape index (κ2) is 4.40. The third-order valence-corrected chi connectivity index (χ3v) is 4.40. The van der Waals surface area contributed by atoms with Crippen LogP contribution in [0, 0.1) is 11.8 Å². The van der Waals surface area contributed by atoms with Gasteiger partial charge in [-0.15, -0.1) is 0 Å². The SMILES string of the molecule is C1CCN(CCN2CC3CNCC3C2)C1. The third-order valence-electron chi connectivity index (χ3n) is 4.40. The first kappa shape index (κ1) is 10.1. The summed E-state index contributed by atoms with van der Waals surface area (Å²) in [4.78, 5) is 5.32. The maximum Gasteiger partial charge on any atom is 0.0110 e. The molecular weight excluding hydrogens is 186 g/mol. The molecule has 15 heavy (non-hydrogen) atoms. The topological polar surface area (TPSA) is 18.5 Å². The molecule has 0 aromatic rings. The highest BCUT2D eigenvalue weighted by Gasteiger charge is 2.35. The summed E-state index contributed by atoms with van der Waals surface area (Å²) in [7, 11) is 0. The molecule has 0 spiro atoms. The van der Waals surface area contributed by atoms with Crippen molar-refractivity contribution in [3.63, 3.8) is 0 Å². The zero-order valence-electron chi connectivity index (χ0n) is 9.62. The Hall–Kier alpha value is -0.120. The monoisotopic (exact) mass is 209 g/mol. The lowest BCUT2D eigenvalue weighted by Crippen LogP contribution is -2.34. The van der Waals surface area contributed by atoms with Crippen molar-refractivity contribution in [3.8, 4) is 0 Å². The molecule has 3 fully saturated rings. The molecule has 3 aliphatic heterocycles. The van der Waals surface area contributed by atoms with Crippen molar-refractivity contribution in [2.24, 2.45) is 11.8 Å². The van der Waals surface area contributed by atoms with Crippen LogP contribution < -0.4 is 5.32 Å². The molecule has 0 bridgehead atoms. The summed E-state index contributed by atoms with van der Waals surface area (Å²) in [6.45, 7) is 10.6. The molecule has 0 aliphatic carbocycles. The summed E-state index contributed by atoms with van der Waals surface area (Å²) in [6.07, 6.45) is 2.85. The molecule has 86 valence electrons. The largest absolute Gasteiger partial charge is 0.316 e. The molecule has 0 radical (unpaired) electrons. The molecule has 2 unspecified atom stereocenters. The zero-order valence-corrected chi connectivity index (χ0v) is 9.62. The van der Waals surface area contributed by atoms with Crippen LogP contribution in [0.15, 0.2) is 0 Å². The highest BCUT2D eigenvalue weighted by Crippen LogP contribution is 2.25. The Labute approximate surface area is 92.8 Å². The molecular formula is C12H23N3. The molecule has 3 rings (SSSR count). The maximum atomic E-state index is 3.50. The molecule has 3 nitrogen and oxygen atoms in total. The zero-order chi connectivity index (χ0) is 10.1. The van der Waals surface area contributed by atoms with Crippen LogP contribution in [0.2, 0.25) is 0 Å². The summed E-state index contributed by atoms with van der Waals surface area (Å²) in [5.41, 5.74) is 0. The molecule has 3 heteroatoms. The van der Waals surface area contributed by atoms with Crippen molar-refractivity contribution in [2.45, 2.75) is 12.8 Å². The average molecular weight is 209 g/mol. The van der Waals surface area contributed by atoms with Crippen LogP contribution in [0.5, 0.6) is 0 Å². The van der Waals surface area contributed by atoms with Gasteiger partial charge in [-0.1, -0.05) is 0 Å². The number of hydrogen-bond donors (Lipinski definition) is 1. The van der Waals surface area contributed by atoms with Crippen LogP contribution in [0.3, 0.4) is 0 Å². The number of likely N-dealkylation sites (tertiary alicyclic amines) is 2. The van der Waals surface area contributed by atoms with Gasteiger partial charge in [-0.2, -0.15) is 0 Å². The van der Waals surface area contributed by atoms with Crippen LogP contribution in [-0.4, -0.2) is 62.2 Å². The van der Waals surface area contributed by atoms with E-state index in [1.165, 1.54) is 65.2 Å². The Bertz CT molecular complexity index is 201. The fourth-order valence-electron chi connectivity index (χ4n) is 3.42. The first-order valence-electron chi connectivity index (χ1n) is 6.57. The fraction of sp³-hybridized carbons (Fsp3) is 1.00. The molecule has 3 aliphatic rings. The predicted octanol–water partition coefficient (Wildman–Crippen LogP) is 0.233. The minimum Gasteiger partial charge on any atom is -0.316 e. The molecule has 1 N–H and O–H groups in total. The van der Waals surface area contributed by atoms with Gasteiger partial charge >= 0.3 is 0 Å². The van der Waals surface area contributed by atoms with Crippen LogP contribution in [0.25, 0.3) is 0 Å². The maximum absolute atomic E-state index is 3.50. The summed E-state index contributed by atoms with van der Waals surface area (Å²) < 4.78 is 0. The van der Waals surface area contributed by atoms with E-state index in [4.69, 9.17) is 0 Å². The number of rotatable bonds is 3. The number of nitrogens with one attached hydrogen (secondary N) is 1.